The lowest BCUT2D eigenvalue weighted by Gasteiger charge is -2.04. The molecule has 0 fully saturated rings. The van der Waals surface area contributed by atoms with Gasteiger partial charge in [-0.15, -0.1) is 0 Å². The van der Waals surface area contributed by atoms with Gasteiger partial charge in [0.15, 0.2) is 5.65 Å². The van der Waals surface area contributed by atoms with Crippen molar-refractivity contribution in [2.75, 3.05) is 12.8 Å². The molecule has 0 aliphatic heterocycles. The lowest BCUT2D eigenvalue weighted by Crippen LogP contribution is -2.06. The molecule has 0 aliphatic carbocycles. The van der Waals surface area contributed by atoms with E-state index in [4.69, 9.17) is 5.73 Å². The Balaban J connectivity index is 2.79. The van der Waals surface area contributed by atoms with Gasteiger partial charge < -0.3 is 10.5 Å². The van der Waals surface area contributed by atoms with Gasteiger partial charge in [0.1, 0.15) is 11.4 Å². The van der Waals surface area contributed by atoms with Crippen LogP contribution in [-0.2, 0) is 4.74 Å². The van der Waals surface area contributed by atoms with Crippen molar-refractivity contribution in [3.63, 3.8) is 0 Å². The van der Waals surface area contributed by atoms with Crippen LogP contribution in [0.25, 0.3) is 5.65 Å². The molecule has 2 rings (SSSR count). The summed E-state index contributed by atoms with van der Waals surface area (Å²) < 4.78 is 6.69. The summed E-state index contributed by atoms with van der Waals surface area (Å²) in [6, 6.07) is 0. The molecule has 2 heterocycles. The summed E-state index contributed by atoms with van der Waals surface area (Å²) in [5.41, 5.74) is 7.22. The van der Waals surface area contributed by atoms with Gasteiger partial charge in [0.2, 0.25) is 0 Å². The zero-order chi connectivity index (χ0) is 11.9. The molecule has 0 unspecified atom stereocenters. The van der Waals surface area contributed by atoms with E-state index in [0.717, 1.165) is 0 Å². The maximum absolute atomic E-state index is 11.4. The van der Waals surface area contributed by atoms with Crippen LogP contribution in [0, 0.1) is 6.92 Å². The van der Waals surface area contributed by atoms with Crippen molar-refractivity contribution in [1.82, 2.24) is 14.6 Å². The Hall–Kier alpha value is -1.63. The van der Waals surface area contributed by atoms with Crippen LogP contribution in [0.5, 0.6) is 0 Å². The summed E-state index contributed by atoms with van der Waals surface area (Å²) >= 11 is 3.30. The van der Waals surface area contributed by atoms with Crippen molar-refractivity contribution in [3.05, 3.63) is 21.9 Å². The summed E-state index contributed by atoms with van der Waals surface area (Å²) in [5, 5.41) is 3.99. The number of aryl methyl sites for hydroxylation is 1. The van der Waals surface area contributed by atoms with Crippen molar-refractivity contribution in [2.45, 2.75) is 6.92 Å². The van der Waals surface area contributed by atoms with Crippen LogP contribution in [0.15, 0.2) is 10.7 Å². The van der Waals surface area contributed by atoms with Gasteiger partial charge in [-0.25, -0.2) is 9.78 Å². The minimum atomic E-state index is -0.483. The van der Waals surface area contributed by atoms with E-state index in [9.17, 15) is 4.79 Å². The molecule has 0 spiro atoms. The summed E-state index contributed by atoms with van der Waals surface area (Å²) in [7, 11) is 1.31. The van der Waals surface area contributed by atoms with E-state index in [-0.39, 0.29) is 0 Å². The molecule has 0 aliphatic rings. The number of carbonyl (C=O) groups excluding carboxylic acids is 1. The van der Waals surface area contributed by atoms with Crippen LogP contribution in [0.3, 0.4) is 0 Å². The highest BCUT2D eigenvalue weighted by atomic mass is 79.9. The highest BCUT2D eigenvalue weighted by molar-refractivity contribution is 9.10. The van der Waals surface area contributed by atoms with Crippen LogP contribution in [-0.4, -0.2) is 27.7 Å². The summed E-state index contributed by atoms with van der Waals surface area (Å²) in [5.74, 6) is -0.0822. The molecule has 0 bridgehead atoms. The molecule has 0 radical (unpaired) electrons. The van der Waals surface area contributed by atoms with Gasteiger partial charge in [0.25, 0.3) is 0 Å². The van der Waals surface area contributed by atoms with E-state index in [1.807, 2.05) is 0 Å². The van der Waals surface area contributed by atoms with Crippen LogP contribution in [0.2, 0.25) is 0 Å². The van der Waals surface area contributed by atoms with Gasteiger partial charge in [-0.2, -0.15) is 9.61 Å². The zero-order valence-electron chi connectivity index (χ0n) is 8.69. The van der Waals surface area contributed by atoms with E-state index in [0.29, 0.717) is 27.2 Å². The van der Waals surface area contributed by atoms with Gasteiger partial charge in [-0.05, 0) is 22.9 Å². The lowest BCUT2D eigenvalue weighted by atomic mass is 10.3. The van der Waals surface area contributed by atoms with Crippen molar-refractivity contribution in [1.29, 1.82) is 0 Å². The molecule has 0 saturated carbocycles. The fourth-order valence-electron chi connectivity index (χ4n) is 1.37. The second-order valence-electron chi connectivity index (χ2n) is 3.18. The van der Waals surface area contributed by atoms with E-state index in [1.165, 1.54) is 17.8 Å². The monoisotopic (exact) mass is 284 g/mol. The minimum Gasteiger partial charge on any atom is -0.465 e. The van der Waals surface area contributed by atoms with E-state index in [1.54, 1.807) is 6.92 Å². The number of methoxy groups -OCH3 is 1. The Kier molecular flexibility index (Phi) is 2.55. The summed E-state index contributed by atoms with van der Waals surface area (Å²) in [6.07, 6.45) is 1.39. The highest BCUT2D eigenvalue weighted by Crippen LogP contribution is 2.24. The number of esters is 1. The van der Waals surface area contributed by atoms with E-state index < -0.39 is 5.97 Å². The Morgan fingerprint density at radius 2 is 2.31 bits per heavy atom. The summed E-state index contributed by atoms with van der Waals surface area (Å²) in [6.45, 7) is 1.79. The zero-order valence-corrected chi connectivity index (χ0v) is 10.3. The Morgan fingerprint density at radius 1 is 1.62 bits per heavy atom. The van der Waals surface area contributed by atoms with Crippen LogP contribution >= 0.6 is 15.9 Å². The quantitative estimate of drug-likeness (QED) is 0.795. The number of nitrogens with two attached hydrogens (primary N) is 1. The fraction of sp³-hybridized carbons (Fsp3) is 0.222. The molecule has 7 heteroatoms. The van der Waals surface area contributed by atoms with Gasteiger partial charge in [-0.3, -0.25) is 0 Å². The van der Waals surface area contributed by atoms with Gasteiger partial charge in [0.05, 0.1) is 23.5 Å². The Morgan fingerprint density at radius 3 is 2.94 bits per heavy atom. The number of anilines is 1. The van der Waals surface area contributed by atoms with Crippen molar-refractivity contribution >= 4 is 33.4 Å². The Labute approximate surface area is 99.5 Å². The summed E-state index contributed by atoms with van der Waals surface area (Å²) in [4.78, 5) is 15.7. The number of nitrogens with zero attached hydrogens (tertiary/aromatic N) is 3. The lowest BCUT2D eigenvalue weighted by molar-refractivity contribution is 0.0602. The number of carbonyl (C=O) groups is 1. The standard InChI is InChI=1S/C9H9BrN4O2/c1-4-6(10)7(11)14-8(13-4)5(3-12-14)9(15)16-2/h3H,11H2,1-2H3. The van der Waals surface area contributed by atoms with Crippen molar-refractivity contribution in [2.24, 2.45) is 0 Å². The smallest absolute Gasteiger partial charge is 0.343 e. The normalized spacial score (nSPS) is 10.7. The molecule has 2 N–H and O–H groups in total. The predicted molar refractivity (Wildman–Crippen MR) is 61.2 cm³/mol. The third kappa shape index (κ3) is 1.44. The predicted octanol–water partition coefficient (Wildman–Crippen LogP) is 1.17. The Bertz CT molecular complexity index is 578. The number of aromatic nitrogens is 3. The largest absolute Gasteiger partial charge is 0.465 e. The molecular formula is C9H9BrN4O2. The molecule has 0 saturated heterocycles. The number of hydrogen-bond acceptors (Lipinski definition) is 5. The number of halogens is 1. The van der Waals surface area contributed by atoms with Crippen LogP contribution in [0.4, 0.5) is 5.82 Å². The molecule has 84 valence electrons. The maximum atomic E-state index is 11.4. The molecule has 0 atom stereocenters. The molecule has 6 nitrogen and oxygen atoms in total. The average molecular weight is 285 g/mol. The van der Waals surface area contributed by atoms with Crippen LogP contribution in [0.1, 0.15) is 16.1 Å². The molecule has 16 heavy (non-hydrogen) atoms. The van der Waals surface area contributed by atoms with Gasteiger partial charge in [0, 0.05) is 0 Å². The fourth-order valence-corrected chi connectivity index (χ4v) is 1.62. The molecule has 0 amide bonds. The third-order valence-electron chi connectivity index (χ3n) is 2.19. The van der Waals surface area contributed by atoms with E-state index in [2.05, 4.69) is 30.7 Å². The average Bonchev–Trinajstić information content (AvgIpc) is 2.68. The number of fused-ring (bicyclic) bond motifs is 1. The second kappa shape index (κ2) is 3.75. The minimum absolute atomic E-state index is 0.296. The number of ether oxygens (including phenoxy) is 1. The van der Waals surface area contributed by atoms with Gasteiger partial charge >= 0.3 is 5.97 Å². The van der Waals surface area contributed by atoms with Crippen LogP contribution < -0.4 is 5.73 Å². The van der Waals surface area contributed by atoms with Crippen molar-refractivity contribution in [3.8, 4) is 0 Å². The number of nitrogen functional groups attached to an aromatic ring is 1. The SMILES string of the molecule is COC(=O)c1cnn2c(N)c(Br)c(C)nc12. The third-order valence-corrected chi connectivity index (χ3v) is 3.17. The molecule has 2 aromatic heterocycles. The van der Waals surface area contributed by atoms with Gasteiger partial charge in [-0.1, -0.05) is 0 Å². The molecule has 0 aromatic carbocycles. The highest BCUT2D eigenvalue weighted by Gasteiger charge is 2.17. The number of hydrogen-bond donors (Lipinski definition) is 1. The first kappa shape index (κ1) is 10.9. The molecular weight excluding hydrogens is 276 g/mol. The molecule has 2 aromatic rings. The number of rotatable bonds is 1. The second-order valence-corrected chi connectivity index (χ2v) is 3.97. The first-order valence-corrected chi connectivity index (χ1v) is 5.23. The van der Waals surface area contributed by atoms with E-state index >= 15 is 0 Å². The topological polar surface area (TPSA) is 82.5 Å². The first-order valence-electron chi connectivity index (χ1n) is 4.44. The van der Waals surface area contributed by atoms with Crippen molar-refractivity contribution < 1.29 is 9.53 Å². The first-order chi connectivity index (χ1) is 7.56. The maximum Gasteiger partial charge on any atom is 0.343 e.